The SMILES string of the molecule is Nc1nccc(N2CCN(Cc3ccccc3F)C(CCO)C2)n1. The van der Waals surface area contributed by atoms with Crippen molar-refractivity contribution in [2.45, 2.75) is 19.0 Å². The lowest BCUT2D eigenvalue weighted by Crippen LogP contribution is -2.53. The molecule has 1 aliphatic heterocycles. The first kappa shape index (κ1) is 16.6. The highest BCUT2D eigenvalue weighted by Gasteiger charge is 2.28. The summed E-state index contributed by atoms with van der Waals surface area (Å²) in [5.74, 6) is 0.849. The molecule has 1 aromatic carbocycles. The largest absolute Gasteiger partial charge is 0.396 e. The summed E-state index contributed by atoms with van der Waals surface area (Å²) in [7, 11) is 0. The molecule has 2 heterocycles. The molecule has 1 aliphatic rings. The van der Waals surface area contributed by atoms with E-state index in [2.05, 4.69) is 19.8 Å². The molecular formula is C17H22FN5O. The van der Waals surface area contributed by atoms with Crippen molar-refractivity contribution in [3.8, 4) is 0 Å². The van der Waals surface area contributed by atoms with Gasteiger partial charge in [0, 0.05) is 50.6 Å². The standard InChI is InChI=1S/C17H22FN5O/c18-15-4-2-1-3-13(15)11-22-8-9-23(12-14(22)6-10-24)16-5-7-20-17(19)21-16/h1-5,7,14,24H,6,8-12H2,(H2,19,20,21). The summed E-state index contributed by atoms with van der Waals surface area (Å²) in [6, 6.07) is 8.79. The second kappa shape index (κ2) is 7.55. The number of aromatic nitrogens is 2. The number of anilines is 2. The van der Waals surface area contributed by atoms with Crippen LogP contribution in [0.15, 0.2) is 36.5 Å². The summed E-state index contributed by atoms with van der Waals surface area (Å²) >= 11 is 0. The van der Waals surface area contributed by atoms with Crippen molar-refractivity contribution in [3.05, 3.63) is 47.9 Å². The molecule has 0 saturated carbocycles. The molecule has 3 N–H and O–H groups in total. The van der Waals surface area contributed by atoms with Crippen LogP contribution in [0.1, 0.15) is 12.0 Å². The zero-order valence-electron chi connectivity index (χ0n) is 13.5. The Morgan fingerprint density at radius 1 is 1.25 bits per heavy atom. The fourth-order valence-corrected chi connectivity index (χ4v) is 3.12. The van der Waals surface area contributed by atoms with E-state index in [0.717, 1.165) is 18.9 Å². The van der Waals surface area contributed by atoms with E-state index in [9.17, 15) is 9.50 Å². The predicted octanol–water partition coefficient (Wildman–Crippen LogP) is 1.27. The highest BCUT2D eigenvalue weighted by molar-refractivity contribution is 5.41. The Balaban J connectivity index is 1.73. The molecule has 1 saturated heterocycles. The Hall–Kier alpha value is -2.25. The maximum absolute atomic E-state index is 13.9. The van der Waals surface area contributed by atoms with Crippen molar-refractivity contribution in [1.29, 1.82) is 0 Å². The molecule has 0 spiro atoms. The molecule has 0 aliphatic carbocycles. The lowest BCUT2D eigenvalue weighted by atomic mass is 10.1. The Bertz CT molecular complexity index is 684. The highest BCUT2D eigenvalue weighted by atomic mass is 19.1. The van der Waals surface area contributed by atoms with E-state index in [1.807, 2.05) is 18.2 Å². The number of halogens is 1. The predicted molar refractivity (Wildman–Crippen MR) is 91.0 cm³/mol. The van der Waals surface area contributed by atoms with E-state index in [1.54, 1.807) is 12.3 Å². The van der Waals surface area contributed by atoms with Gasteiger partial charge in [0.2, 0.25) is 5.95 Å². The summed E-state index contributed by atoms with van der Waals surface area (Å²) in [5, 5.41) is 9.39. The molecule has 6 nitrogen and oxygen atoms in total. The summed E-state index contributed by atoms with van der Waals surface area (Å²) in [6.45, 7) is 2.89. The van der Waals surface area contributed by atoms with Crippen LogP contribution in [0.25, 0.3) is 0 Å². The number of aliphatic hydroxyl groups excluding tert-OH is 1. The van der Waals surface area contributed by atoms with Crippen LogP contribution in [-0.4, -0.2) is 52.3 Å². The van der Waals surface area contributed by atoms with Crippen LogP contribution in [0.5, 0.6) is 0 Å². The van der Waals surface area contributed by atoms with E-state index in [4.69, 9.17) is 5.73 Å². The molecule has 0 radical (unpaired) electrons. The first-order valence-corrected chi connectivity index (χ1v) is 8.09. The van der Waals surface area contributed by atoms with Gasteiger partial charge in [0.1, 0.15) is 11.6 Å². The molecule has 128 valence electrons. The number of hydrogen-bond acceptors (Lipinski definition) is 6. The van der Waals surface area contributed by atoms with Gasteiger partial charge >= 0.3 is 0 Å². The van der Waals surface area contributed by atoms with Gasteiger partial charge in [-0.05, 0) is 18.6 Å². The average Bonchev–Trinajstić information content (AvgIpc) is 2.58. The summed E-state index contributed by atoms with van der Waals surface area (Å²) < 4.78 is 13.9. The Morgan fingerprint density at radius 2 is 2.08 bits per heavy atom. The fourth-order valence-electron chi connectivity index (χ4n) is 3.12. The highest BCUT2D eigenvalue weighted by Crippen LogP contribution is 2.21. The third-order valence-corrected chi connectivity index (χ3v) is 4.38. The number of nitrogens with two attached hydrogens (primary N) is 1. The van der Waals surface area contributed by atoms with Gasteiger partial charge in [0.05, 0.1) is 0 Å². The first-order valence-electron chi connectivity index (χ1n) is 8.09. The number of rotatable bonds is 5. The Kier molecular flexibility index (Phi) is 5.22. The minimum absolute atomic E-state index is 0.0954. The third kappa shape index (κ3) is 3.80. The maximum atomic E-state index is 13.9. The second-order valence-corrected chi connectivity index (χ2v) is 5.95. The zero-order valence-corrected chi connectivity index (χ0v) is 13.5. The van der Waals surface area contributed by atoms with Crippen LogP contribution >= 0.6 is 0 Å². The maximum Gasteiger partial charge on any atom is 0.221 e. The quantitative estimate of drug-likeness (QED) is 0.859. The van der Waals surface area contributed by atoms with Gasteiger partial charge in [-0.2, -0.15) is 4.98 Å². The lowest BCUT2D eigenvalue weighted by Gasteiger charge is -2.42. The van der Waals surface area contributed by atoms with E-state index in [0.29, 0.717) is 25.1 Å². The van der Waals surface area contributed by atoms with Crippen LogP contribution in [0, 0.1) is 5.82 Å². The van der Waals surface area contributed by atoms with Crippen LogP contribution in [0.3, 0.4) is 0 Å². The monoisotopic (exact) mass is 331 g/mol. The van der Waals surface area contributed by atoms with Crippen molar-refractivity contribution in [2.75, 3.05) is 36.9 Å². The van der Waals surface area contributed by atoms with Gasteiger partial charge in [-0.25, -0.2) is 9.37 Å². The van der Waals surface area contributed by atoms with Crippen molar-refractivity contribution in [2.24, 2.45) is 0 Å². The van der Waals surface area contributed by atoms with Crippen molar-refractivity contribution >= 4 is 11.8 Å². The molecule has 24 heavy (non-hydrogen) atoms. The van der Waals surface area contributed by atoms with Crippen molar-refractivity contribution in [3.63, 3.8) is 0 Å². The van der Waals surface area contributed by atoms with Crippen LogP contribution in [-0.2, 0) is 6.54 Å². The number of nitrogens with zero attached hydrogens (tertiary/aromatic N) is 4. The molecule has 1 unspecified atom stereocenters. The third-order valence-electron chi connectivity index (χ3n) is 4.38. The van der Waals surface area contributed by atoms with Crippen LogP contribution in [0.4, 0.5) is 16.2 Å². The Labute approximate surface area is 140 Å². The summed E-state index contributed by atoms with van der Waals surface area (Å²) in [5.41, 5.74) is 6.34. The summed E-state index contributed by atoms with van der Waals surface area (Å²) in [4.78, 5) is 12.5. The van der Waals surface area contributed by atoms with E-state index >= 15 is 0 Å². The number of aliphatic hydroxyl groups is 1. The van der Waals surface area contributed by atoms with Gasteiger partial charge in [-0.15, -0.1) is 0 Å². The minimum atomic E-state index is -0.189. The molecule has 7 heteroatoms. The van der Waals surface area contributed by atoms with Gasteiger partial charge < -0.3 is 15.7 Å². The molecule has 0 amide bonds. The van der Waals surface area contributed by atoms with Crippen LogP contribution in [0.2, 0.25) is 0 Å². The number of nitrogen functional groups attached to an aromatic ring is 1. The number of piperazine rings is 1. The summed E-state index contributed by atoms with van der Waals surface area (Å²) in [6.07, 6.45) is 2.27. The molecule has 2 aromatic rings. The smallest absolute Gasteiger partial charge is 0.221 e. The van der Waals surface area contributed by atoms with Crippen molar-refractivity contribution < 1.29 is 9.50 Å². The van der Waals surface area contributed by atoms with Crippen LogP contribution < -0.4 is 10.6 Å². The molecule has 1 aromatic heterocycles. The molecule has 1 fully saturated rings. The molecule has 0 bridgehead atoms. The van der Waals surface area contributed by atoms with Gasteiger partial charge in [0.15, 0.2) is 0 Å². The van der Waals surface area contributed by atoms with Gasteiger partial charge in [-0.3, -0.25) is 4.90 Å². The molecule has 3 rings (SSSR count). The number of hydrogen-bond donors (Lipinski definition) is 2. The molecular weight excluding hydrogens is 309 g/mol. The normalized spacial score (nSPS) is 18.8. The van der Waals surface area contributed by atoms with E-state index < -0.39 is 0 Å². The second-order valence-electron chi connectivity index (χ2n) is 5.95. The minimum Gasteiger partial charge on any atom is -0.396 e. The van der Waals surface area contributed by atoms with E-state index in [-0.39, 0.29) is 24.4 Å². The Morgan fingerprint density at radius 3 is 2.83 bits per heavy atom. The van der Waals surface area contributed by atoms with Crippen molar-refractivity contribution in [1.82, 2.24) is 14.9 Å². The topological polar surface area (TPSA) is 78.5 Å². The van der Waals surface area contributed by atoms with Gasteiger partial charge in [0.25, 0.3) is 0 Å². The first-order chi connectivity index (χ1) is 11.7. The fraction of sp³-hybridized carbons (Fsp3) is 0.412. The number of benzene rings is 1. The average molecular weight is 331 g/mol. The molecule has 1 atom stereocenters. The van der Waals surface area contributed by atoms with Gasteiger partial charge in [-0.1, -0.05) is 18.2 Å². The van der Waals surface area contributed by atoms with E-state index in [1.165, 1.54) is 6.07 Å². The zero-order chi connectivity index (χ0) is 16.9. The lowest BCUT2D eigenvalue weighted by molar-refractivity contribution is 0.134.